The molecule has 104 valence electrons. The molecule has 0 aliphatic carbocycles. The molecule has 3 N–H and O–H groups in total. The van der Waals surface area contributed by atoms with E-state index in [0.717, 1.165) is 0 Å². The van der Waals surface area contributed by atoms with E-state index in [1.54, 1.807) is 11.0 Å². The zero-order chi connectivity index (χ0) is 14.3. The highest BCUT2D eigenvalue weighted by Crippen LogP contribution is 2.07. The van der Waals surface area contributed by atoms with Gasteiger partial charge in [-0.15, -0.1) is 0 Å². The fraction of sp³-hybridized carbons (Fsp3) is 0.500. The molecule has 1 heterocycles. The molecule has 19 heavy (non-hydrogen) atoms. The normalized spacial score (nSPS) is 11.6. The third-order valence-electron chi connectivity index (χ3n) is 2.47. The van der Waals surface area contributed by atoms with Crippen LogP contribution in [0.4, 0.5) is 0 Å². The predicted octanol–water partition coefficient (Wildman–Crippen LogP) is 0.711. The molecule has 1 rings (SSSR count). The van der Waals surface area contributed by atoms with Gasteiger partial charge >= 0.3 is 0 Å². The number of aromatic nitrogens is 2. The monoisotopic (exact) mass is 265 g/mol. The Morgan fingerprint density at radius 3 is 2.79 bits per heavy atom. The molecule has 7 nitrogen and oxygen atoms in total. The Labute approximate surface area is 112 Å². The average Bonchev–Trinajstić information content (AvgIpc) is 2.42. The van der Waals surface area contributed by atoms with Crippen LogP contribution in [0, 0.1) is 5.92 Å². The molecule has 1 amide bonds. The summed E-state index contributed by atoms with van der Waals surface area (Å²) < 4.78 is 0. The summed E-state index contributed by atoms with van der Waals surface area (Å²) in [6.07, 6.45) is 3.23. The van der Waals surface area contributed by atoms with Crippen molar-refractivity contribution in [2.75, 3.05) is 13.1 Å². The SMILES string of the molecule is CC(C)CN(CC/C(N)=N/O)C(=O)c1ccnnc1. The van der Waals surface area contributed by atoms with Gasteiger partial charge in [-0.1, -0.05) is 19.0 Å². The number of rotatable bonds is 6. The summed E-state index contributed by atoms with van der Waals surface area (Å²) in [7, 11) is 0. The minimum absolute atomic E-state index is 0.106. The lowest BCUT2D eigenvalue weighted by molar-refractivity contribution is 0.0740. The van der Waals surface area contributed by atoms with E-state index in [0.29, 0.717) is 31.0 Å². The summed E-state index contributed by atoms with van der Waals surface area (Å²) in [6.45, 7) is 5.04. The number of amidine groups is 1. The van der Waals surface area contributed by atoms with Crippen molar-refractivity contribution in [1.29, 1.82) is 0 Å². The minimum atomic E-state index is -0.130. The standard InChI is InChI=1S/C12H19N5O2/c1-9(2)8-17(6-4-11(13)16-19)12(18)10-3-5-14-15-7-10/h3,5,7,9,19H,4,6,8H2,1-2H3,(H2,13,16). The average molecular weight is 265 g/mol. The molecule has 0 bridgehead atoms. The fourth-order valence-corrected chi connectivity index (χ4v) is 1.62. The number of nitrogens with two attached hydrogens (primary N) is 1. The highest BCUT2D eigenvalue weighted by atomic mass is 16.4. The zero-order valence-electron chi connectivity index (χ0n) is 11.2. The van der Waals surface area contributed by atoms with Gasteiger partial charge in [-0.2, -0.15) is 10.2 Å². The van der Waals surface area contributed by atoms with Crippen LogP contribution in [-0.4, -0.2) is 45.1 Å². The lowest BCUT2D eigenvalue weighted by atomic mass is 10.1. The lowest BCUT2D eigenvalue weighted by Crippen LogP contribution is -2.36. The summed E-state index contributed by atoms with van der Waals surface area (Å²) in [4.78, 5) is 14.0. The molecule has 0 aliphatic rings. The number of hydrogen-bond donors (Lipinski definition) is 2. The van der Waals surface area contributed by atoms with Crippen LogP contribution in [0.2, 0.25) is 0 Å². The summed E-state index contributed by atoms with van der Waals surface area (Å²) in [5.74, 6) is 0.301. The van der Waals surface area contributed by atoms with Gasteiger partial charge in [0.15, 0.2) is 0 Å². The van der Waals surface area contributed by atoms with Crippen LogP contribution in [0.1, 0.15) is 30.6 Å². The van der Waals surface area contributed by atoms with Gasteiger partial charge in [-0.25, -0.2) is 0 Å². The first-order valence-electron chi connectivity index (χ1n) is 6.07. The lowest BCUT2D eigenvalue weighted by Gasteiger charge is -2.24. The maximum Gasteiger partial charge on any atom is 0.255 e. The van der Waals surface area contributed by atoms with Crippen LogP contribution in [0.15, 0.2) is 23.6 Å². The molecule has 0 spiro atoms. The molecule has 0 aromatic carbocycles. The van der Waals surface area contributed by atoms with Gasteiger partial charge in [-0.3, -0.25) is 4.79 Å². The summed E-state index contributed by atoms with van der Waals surface area (Å²) in [5, 5.41) is 18.8. The Balaban J connectivity index is 2.76. The van der Waals surface area contributed by atoms with Crippen LogP contribution < -0.4 is 5.73 Å². The second-order valence-electron chi connectivity index (χ2n) is 4.62. The van der Waals surface area contributed by atoms with Crippen molar-refractivity contribution in [1.82, 2.24) is 15.1 Å². The number of oxime groups is 1. The first-order chi connectivity index (χ1) is 9.04. The molecular formula is C12H19N5O2. The van der Waals surface area contributed by atoms with Gasteiger partial charge in [0, 0.05) is 19.5 Å². The maximum atomic E-state index is 12.3. The number of amides is 1. The first kappa shape index (κ1) is 14.9. The summed E-state index contributed by atoms with van der Waals surface area (Å²) in [5.41, 5.74) is 5.91. The first-order valence-corrected chi connectivity index (χ1v) is 6.07. The maximum absolute atomic E-state index is 12.3. The van der Waals surface area contributed by atoms with Crippen LogP contribution in [0.3, 0.4) is 0 Å². The van der Waals surface area contributed by atoms with Gasteiger partial charge < -0.3 is 15.8 Å². The van der Waals surface area contributed by atoms with Gasteiger partial charge in [0.05, 0.1) is 18.0 Å². The predicted molar refractivity (Wildman–Crippen MR) is 70.8 cm³/mol. The van der Waals surface area contributed by atoms with Crippen molar-refractivity contribution in [2.24, 2.45) is 16.8 Å². The van der Waals surface area contributed by atoms with E-state index in [2.05, 4.69) is 15.4 Å². The van der Waals surface area contributed by atoms with Gasteiger partial charge in [-0.05, 0) is 12.0 Å². The smallest absolute Gasteiger partial charge is 0.255 e. The van der Waals surface area contributed by atoms with Crippen molar-refractivity contribution in [2.45, 2.75) is 20.3 Å². The molecule has 0 atom stereocenters. The molecule has 0 saturated heterocycles. The Bertz CT molecular complexity index is 433. The van der Waals surface area contributed by atoms with Crippen molar-refractivity contribution in [3.05, 3.63) is 24.0 Å². The molecular weight excluding hydrogens is 246 g/mol. The zero-order valence-corrected chi connectivity index (χ0v) is 11.2. The third kappa shape index (κ3) is 4.90. The Morgan fingerprint density at radius 2 is 2.26 bits per heavy atom. The molecule has 0 fully saturated rings. The summed E-state index contributed by atoms with van der Waals surface area (Å²) >= 11 is 0. The minimum Gasteiger partial charge on any atom is -0.409 e. The van der Waals surface area contributed by atoms with E-state index in [1.807, 2.05) is 13.8 Å². The van der Waals surface area contributed by atoms with Crippen LogP contribution >= 0.6 is 0 Å². The second-order valence-corrected chi connectivity index (χ2v) is 4.62. The second kappa shape index (κ2) is 7.30. The molecule has 0 saturated carbocycles. The van der Waals surface area contributed by atoms with E-state index in [4.69, 9.17) is 10.9 Å². The van der Waals surface area contributed by atoms with Gasteiger partial charge in [0.25, 0.3) is 5.91 Å². The van der Waals surface area contributed by atoms with E-state index < -0.39 is 0 Å². The topological polar surface area (TPSA) is 105 Å². The largest absolute Gasteiger partial charge is 0.409 e. The quantitative estimate of drug-likeness (QED) is 0.341. The number of carbonyl (C=O) groups excluding carboxylic acids is 1. The highest BCUT2D eigenvalue weighted by Gasteiger charge is 2.17. The van der Waals surface area contributed by atoms with Crippen LogP contribution in [0.5, 0.6) is 0 Å². The number of carbonyl (C=O) groups is 1. The van der Waals surface area contributed by atoms with Gasteiger partial charge in [0.1, 0.15) is 5.84 Å². The molecule has 0 unspecified atom stereocenters. The van der Waals surface area contributed by atoms with Crippen LogP contribution in [0.25, 0.3) is 0 Å². The van der Waals surface area contributed by atoms with Crippen molar-refractivity contribution in [3.63, 3.8) is 0 Å². The van der Waals surface area contributed by atoms with Crippen molar-refractivity contribution < 1.29 is 10.0 Å². The molecule has 0 radical (unpaired) electrons. The van der Waals surface area contributed by atoms with Gasteiger partial charge in [0.2, 0.25) is 0 Å². The molecule has 1 aromatic rings. The fourth-order valence-electron chi connectivity index (χ4n) is 1.62. The Kier molecular flexibility index (Phi) is 5.72. The summed E-state index contributed by atoms with van der Waals surface area (Å²) in [6, 6.07) is 1.62. The van der Waals surface area contributed by atoms with E-state index >= 15 is 0 Å². The molecule has 7 heteroatoms. The Morgan fingerprint density at radius 1 is 1.53 bits per heavy atom. The molecule has 0 aliphatic heterocycles. The number of hydrogen-bond acceptors (Lipinski definition) is 5. The third-order valence-corrected chi connectivity index (χ3v) is 2.47. The van der Waals surface area contributed by atoms with Crippen molar-refractivity contribution in [3.8, 4) is 0 Å². The highest BCUT2D eigenvalue weighted by molar-refractivity contribution is 5.94. The van der Waals surface area contributed by atoms with E-state index in [9.17, 15) is 4.79 Å². The molecule has 1 aromatic heterocycles. The van der Waals surface area contributed by atoms with Crippen molar-refractivity contribution >= 4 is 11.7 Å². The number of nitrogens with zero attached hydrogens (tertiary/aromatic N) is 4. The Hall–Kier alpha value is -2.18. The van der Waals surface area contributed by atoms with Crippen LogP contribution in [-0.2, 0) is 0 Å². The van der Waals surface area contributed by atoms with E-state index in [-0.39, 0.29) is 11.7 Å². The van der Waals surface area contributed by atoms with E-state index in [1.165, 1.54) is 12.4 Å².